The second-order valence-corrected chi connectivity index (χ2v) is 5.55. The molecule has 1 heterocycles. The van der Waals surface area contributed by atoms with Crippen LogP contribution in [-0.4, -0.2) is 56.6 Å². The Kier molecular flexibility index (Phi) is 5.44. The van der Waals surface area contributed by atoms with E-state index >= 15 is 0 Å². The first-order chi connectivity index (χ1) is 11.0. The average Bonchev–Trinajstić information content (AvgIpc) is 2.52. The highest BCUT2D eigenvalue weighted by Gasteiger charge is 2.24. The van der Waals surface area contributed by atoms with Crippen LogP contribution in [0.15, 0.2) is 12.1 Å². The molecule has 7 nitrogen and oxygen atoms in total. The molecule has 1 aliphatic heterocycles. The quantitative estimate of drug-likeness (QED) is 0.868. The summed E-state index contributed by atoms with van der Waals surface area (Å²) in [6.45, 7) is 5.49. The van der Waals surface area contributed by atoms with Crippen LogP contribution >= 0.6 is 0 Å². The van der Waals surface area contributed by atoms with E-state index < -0.39 is 0 Å². The number of methoxy groups -OCH3 is 2. The number of piperazine rings is 1. The maximum absolute atomic E-state index is 12.7. The number of carbonyl (C=O) groups excluding carboxylic acids is 2. The van der Waals surface area contributed by atoms with Crippen molar-refractivity contribution in [1.29, 1.82) is 0 Å². The number of hydrogen-bond donors (Lipinski definition) is 2. The van der Waals surface area contributed by atoms with Crippen LogP contribution in [0.1, 0.15) is 24.2 Å². The zero-order valence-corrected chi connectivity index (χ0v) is 13.9. The smallest absolute Gasteiger partial charge is 0.254 e. The summed E-state index contributed by atoms with van der Waals surface area (Å²) in [4.78, 5) is 25.9. The van der Waals surface area contributed by atoms with E-state index in [2.05, 4.69) is 10.6 Å². The summed E-state index contributed by atoms with van der Waals surface area (Å²) in [5, 5.41) is 5.98. The molecule has 23 heavy (non-hydrogen) atoms. The third-order valence-corrected chi connectivity index (χ3v) is 3.69. The number of nitrogens with zero attached hydrogens (tertiary/aromatic N) is 1. The second kappa shape index (κ2) is 7.32. The van der Waals surface area contributed by atoms with Gasteiger partial charge in [-0.3, -0.25) is 9.59 Å². The minimum atomic E-state index is -0.245. The van der Waals surface area contributed by atoms with Gasteiger partial charge >= 0.3 is 0 Å². The molecule has 2 rings (SSSR count). The van der Waals surface area contributed by atoms with E-state index in [1.807, 2.05) is 6.92 Å². The highest BCUT2D eigenvalue weighted by molar-refractivity contribution is 5.99. The van der Waals surface area contributed by atoms with Crippen LogP contribution in [0.4, 0.5) is 5.69 Å². The van der Waals surface area contributed by atoms with Gasteiger partial charge in [-0.2, -0.15) is 0 Å². The lowest BCUT2D eigenvalue weighted by Gasteiger charge is -2.32. The number of nitrogens with one attached hydrogen (secondary N) is 2. The van der Waals surface area contributed by atoms with Crippen LogP contribution in [0.5, 0.6) is 11.5 Å². The number of rotatable bonds is 4. The highest BCUT2D eigenvalue weighted by Crippen LogP contribution is 2.37. The second-order valence-electron chi connectivity index (χ2n) is 5.55. The molecule has 1 aromatic rings. The molecule has 1 unspecified atom stereocenters. The van der Waals surface area contributed by atoms with Crippen LogP contribution in [0.25, 0.3) is 0 Å². The minimum absolute atomic E-state index is 0.0918. The van der Waals surface area contributed by atoms with Gasteiger partial charge in [0.05, 0.1) is 19.9 Å². The summed E-state index contributed by atoms with van der Waals surface area (Å²) in [5.41, 5.74) is 0.881. The van der Waals surface area contributed by atoms with Gasteiger partial charge in [0, 0.05) is 38.2 Å². The Balaban J connectivity index is 2.37. The zero-order chi connectivity index (χ0) is 17.0. The molecule has 7 heteroatoms. The zero-order valence-electron chi connectivity index (χ0n) is 13.9. The molecule has 2 amide bonds. The molecule has 126 valence electrons. The van der Waals surface area contributed by atoms with E-state index in [0.717, 1.165) is 6.54 Å². The van der Waals surface area contributed by atoms with Crippen molar-refractivity contribution in [2.45, 2.75) is 19.9 Å². The van der Waals surface area contributed by atoms with Crippen molar-refractivity contribution in [2.24, 2.45) is 0 Å². The minimum Gasteiger partial charge on any atom is -0.493 e. The van der Waals surface area contributed by atoms with E-state index in [4.69, 9.17) is 9.47 Å². The number of amides is 2. The maximum Gasteiger partial charge on any atom is 0.254 e. The molecule has 1 atom stereocenters. The topological polar surface area (TPSA) is 79.9 Å². The lowest BCUT2D eigenvalue weighted by molar-refractivity contribution is -0.114. The van der Waals surface area contributed by atoms with Gasteiger partial charge < -0.3 is 25.0 Å². The lowest BCUT2D eigenvalue weighted by Crippen LogP contribution is -2.51. The molecule has 0 spiro atoms. The van der Waals surface area contributed by atoms with Crippen molar-refractivity contribution in [3.8, 4) is 11.5 Å². The fourth-order valence-electron chi connectivity index (χ4n) is 2.67. The summed E-state index contributed by atoms with van der Waals surface area (Å²) in [5.74, 6) is 0.467. The van der Waals surface area contributed by atoms with Crippen LogP contribution < -0.4 is 20.1 Å². The highest BCUT2D eigenvalue weighted by atomic mass is 16.5. The van der Waals surface area contributed by atoms with E-state index in [0.29, 0.717) is 35.8 Å². The van der Waals surface area contributed by atoms with Crippen molar-refractivity contribution >= 4 is 17.5 Å². The van der Waals surface area contributed by atoms with Gasteiger partial charge in [0.25, 0.3) is 5.91 Å². The monoisotopic (exact) mass is 321 g/mol. The third-order valence-electron chi connectivity index (χ3n) is 3.69. The third kappa shape index (κ3) is 3.92. The molecule has 1 aliphatic rings. The molecule has 1 fully saturated rings. The predicted molar refractivity (Wildman–Crippen MR) is 87.2 cm³/mol. The Labute approximate surface area is 135 Å². The number of hydrogen-bond acceptors (Lipinski definition) is 5. The van der Waals surface area contributed by atoms with Crippen molar-refractivity contribution in [3.05, 3.63) is 17.7 Å². The van der Waals surface area contributed by atoms with Crippen molar-refractivity contribution in [1.82, 2.24) is 10.2 Å². The van der Waals surface area contributed by atoms with Crippen molar-refractivity contribution < 1.29 is 19.1 Å². The average molecular weight is 321 g/mol. The molecule has 0 saturated carbocycles. The molecule has 0 bridgehead atoms. The molecular weight excluding hydrogens is 298 g/mol. The van der Waals surface area contributed by atoms with Gasteiger partial charge in [-0.25, -0.2) is 0 Å². The molecule has 1 aromatic carbocycles. The summed E-state index contributed by atoms with van der Waals surface area (Å²) >= 11 is 0. The van der Waals surface area contributed by atoms with Gasteiger partial charge in [-0.1, -0.05) is 0 Å². The fourth-order valence-corrected chi connectivity index (χ4v) is 2.67. The van der Waals surface area contributed by atoms with E-state index in [-0.39, 0.29) is 17.9 Å². The van der Waals surface area contributed by atoms with E-state index in [9.17, 15) is 9.59 Å². The van der Waals surface area contributed by atoms with Crippen LogP contribution in [-0.2, 0) is 4.79 Å². The molecule has 0 radical (unpaired) electrons. The first-order valence-electron chi connectivity index (χ1n) is 7.52. The predicted octanol–water partition coefficient (Wildman–Crippen LogP) is 1.10. The molecule has 0 aromatic heterocycles. The first-order valence-corrected chi connectivity index (χ1v) is 7.52. The Morgan fingerprint density at radius 2 is 2.04 bits per heavy atom. The number of benzene rings is 1. The lowest BCUT2D eigenvalue weighted by atomic mass is 10.1. The Morgan fingerprint density at radius 1 is 1.30 bits per heavy atom. The van der Waals surface area contributed by atoms with Crippen molar-refractivity contribution in [3.63, 3.8) is 0 Å². The Bertz CT molecular complexity index is 603. The number of ether oxygens (including phenoxy) is 2. The standard InChI is InChI=1S/C16H23N3O4/c1-10-9-19(6-5-17-10)16(21)12-7-13(18-11(2)20)15(23-4)14(8-12)22-3/h7-8,10,17H,5-6,9H2,1-4H3,(H,18,20). The largest absolute Gasteiger partial charge is 0.493 e. The maximum atomic E-state index is 12.7. The SMILES string of the molecule is COc1cc(C(=O)N2CCNC(C)C2)cc(NC(C)=O)c1OC. The molecule has 1 saturated heterocycles. The van der Waals surface area contributed by atoms with Crippen LogP contribution in [0.3, 0.4) is 0 Å². The first kappa shape index (κ1) is 17.1. The van der Waals surface area contributed by atoms with Crippen molar-refractivity contribution in [2.75, 3.05) is 39.2 Å². The van der Waals surface area contributed by atoms with Gasteiger partial charge in [0.2, 0.25) is 5.91 Å². The molecule has 2 N–H and O–H groups in total. The summed E-state index contributed by atoms with van der Waals surface area (Å²) in [6.07, 6.45) is 0. The van der Waals surface area contributed by atoms with Gasteiger partial charge in [-0.05, 0) is 19.1 Å². The van der Waals surface area contributed by atoms with Crippen LogP contribution in [0.2, 0.25) is 0 Å². The van der Waals surface area contributed by atoms with E-state index in [1.54, 1.807) is 17.0 Å². The van der Waals surface area contributed by atoms with Gasteiger partial charge in [0.15, 0.2) is 11.5 Å². The fraction of sp³-hybridized carbons (Fsp3) is 0.500. The summed E-state index contributed by atoms with van der Waals surface area (Å²) < 4.78 is 10.6. The molecular formula is C16H23N3O4. The summed E-state index contributed by atoms with van der Waals surface area (Å²) in [6, 6.07) is 3.51. The van der Waals surface area contributed by atoms with E-state index in [1.165, 1.54) is 21.1 Å². The Morgan fingerprint density at radius 3 is 2.61 bits per heavy atom. The van der Waals surface area contributed by atoms with Gasteiger partial charge in [-0.15, -0.1) is 0 Å². The van der Waals surface area contributed by atoms with Gasteiger partial charge in [0.1, 0.15) is 0 Å². The summed E-state index contributed by atoms with van der Waals surface area (Å²) in [7, 11) is 2.99. The van der Waals surface area contributed by atoms with Crippen LogP contribution in [0, 0.1) is 0 Å². The molecule has 0 aliphatic carbocycles. The Hall–Kier alpha value is -2.28. The number of anilines is 1. The normalized spacial score (nSPS) is 17.6. The number of carbonyl (C=O) groups is 2.